The highest BCUT2D eigenvalue weighted by molar-refractivity contribution is 5.93. The Morgan fingerprint density at radius 2 is 1.89 bits per heavy atom. The molecule has 0 aliphatic carbocycles. The lowest BCUT2D eigenvalue weighted by Gasteiger charge is -2.23. The van der Waals surface area contributed by atoms with Crippen molar-refractivity contribution < 1.29 is 37.0 Å². The number of carbonyl (C=O) groups excluding carboxylic acids is 2. The number of halogens is 3. The molecule has 11 heteroatoms. The Labute approximate surface area is 161 Å². The predicted octanol–water partition coefficient (Wildman–Crippen LogP) is 3.07. The van der Waals surface area contributed by atoms with E-state index in [-0.39, 0.29) is 25.4 Å². The molecule has 28 heavy (non-hydrogen) atoms. The molecule has 0 aliphatic rings. The summed E-state index contributed by atoms with van der Waals surface area (Å²) in [5.41, 5.74) is -0.327. The Morgan fingerprint density at radius 3 is 2.46 bits per heavy atom. The first kappa shape index (κ1) is 23.6. The number of rotatable bonds is 10. The van der Waals surface area contributed by atoms with Gasteiger partial charge in [-0.2, -0.15) is 0 Å². The number of ether oxygens (including phenoxy) is 3. The molecule has 0 bridgehead atoms. The van der Waals surface area contributed by atoms with Gasteiger partial charge in [-0.05, 0) is 33.8 Å². The van der Waals surface area contributed by atoms with Crippen LogP contribution in [0.5, 0.6) is 0 Å². The molecule has 0 saturated carbocycles. The van der Waals surface area contributed by atoms with E-state index in [4.69, 9.17) is 9.47 Å². The highest BCUT2D eigenvalue weighted by atomic mass is 19.3. The zero-order valence-electron chi connectivity index (χ0n) is 16.2. The first-order valence-corrected chi connectivity index (χ1v) is 8.66. The van der Waals surface area contributed by atoms with Crippen LogP contribution < -0.4 is 10.6 Å². The molecule has 0 fully saturated rings. The van der Waals surface area contributed by atoms with Gasteiger partial charge in [0.1, 0.15) is 11.3 Å². The molecule has 0 radical (unpaired) electrons. The van der Waals surface area contributed by atoms with Crippen LogP contribution in [0, 0.1) is 0 Å². The van der Waals surface area contributed by atoms with Crippen molar-refractivity contribution >= 4 is 17.7 Å². The molecule has 0 spiro atoms. The lowest BCUT2D eigenvalue weighted by Crippen LogP contribution is -2.42. The van der Waals surface area contributed by atoms with E-state index in [9.17, 15) is 22.8 Å². The van der Waals surface area contributed by atoms with Gasteiger partial charge in [-0.3, -0.25) is 0 Å². The van der Waals surface area contributed by atoms with Crippen LogP contribution in [-0.2, 0) is 14.2 Å². The second-order valence-electron chi connectivity index (χ2n) is 6.69. The molecule has 2 unspecified atom stereocenters. The lowest BCUT2D eigenvalue weighted by molar-refractivity contribution is -0.152. The highest BCUT2D eigenvalue weighted by Crippen LogP contribution is 2.16. The summed E-state index contributed by atoms with van der Waals surface area (Å²) in [7, 11) is 0. The van der Waals surface area contributed by atoms with Crippen molar-refractivity contribution in [2.24, 2.45) is 0 Å². The summed E-state index contributed by atoms with van der Waals surface area (Å²) in [6.45, 7) is 6.30. The van der Waals surface area contributed by atoms with Gasteiger partial charge in [-0.1, -0.05) is 0 Å². The number of anilines is 1. The maximum atomic E-state index is 13.3. The zero-order valence-corrected chi connectivity index (χ0v) is 16.2. The van der Waals surface area contributed by atoms with Crippen molar-refractivity contribution in [1.29, 1.82) is 0 Å². The van der Waals surface area contributed by atoms with E-state index in [0.29, 0.717) is 5.69 Å². The number of alkyl halides is 3. The number of carbonyl (C=O) groups is 2. The summed E-state index contributed by atoms with van der Waals surface area (Å²) in [6, 6.07) is 1.52. The van der Waals surface area contributed by atoms with Gasteiger partial charge in [0.05, 0.1) is 18.4 Å². The molecule has 0 saturated heterocycles. The quantitative estimate of drug-likeness (QED) is 0.514. The molecule has 8 nitrogen and oxygen atoms in total. The van der Waals surface area contributed by atoms with Crippen molar-refractivity contribution in [3.63, 3.8) is 0 Å². The Bertz CT molecular complexity index is 634. The predicted molar refractivity (Wildman–Crippen MR) is 95.2 cm³/mol. The summed E-state index contributed by atoms with van der Waals surface area (Å²) in [4.78, 5) is 26.2. The van der Waals surface area contributed by atoms with E-state index in [1.807, 2.05) is 0 Å². The van der Waals surface area contributed by atoms with Gasteiger partial charge in [0.15, 0.2) is 0 Å². The number of H-pyrrole nitrogens is 1. The minimum Gasteiger partial charge on any atom is -0.461 e. The Kier molecular flexibility index (Phi) is 9.10. The number of nitrogens with one attached hydrogen (secondary N) is 3. The normalized spacial score (nSPS) is 13.7. The van der Waals surface area contributed by atoms with Crippen LogP contribution in [0.15, 0.2) is 12.3 Å². The van der Waals surface area contributed by atoms with Gasteiger partial charge in [0.25, 0.3) is 12.8 Å². The lowest BCUT2D eigenvalue weighted by atomic mass is 10.2. The van der Waals surface area contributed by atoms with Crippen LogP contribution in [-0.4, -0.2) is 61.2 Å². The second kappa shape index (κ2) is 10.8. The Hall–Kier alpha value is -2.43. The maximum Gasteiger partial charge on any atom is 0.407 e. The first-order chi connectivity index (χ1) is 13.0. The Balaban J connectivity index is 2.71. The zero-order chi connectivity index (χ0) is 21.3. The minimum atomic E-state index is -3.34. The van der Waals surface area contributed by atoms with Gasteiger partial charge < -0.3 is 29.8 Å². The molecule has 1 amide bonds. The minimum absolute atomic E-state index is 0.117. The summed E-state index contributed by atoms with van der Waals surface area (Å²) < 4.78 is 52.9. The summed E-state index contributed by atoms with van der Waals surface area (Å²) in [5.74, 6) is -0.615. The molecule has 2 atom stereocenters. The van der Waals surface area contributed by atoms with E-state index in [1.165, 1.54) is 12.3 Å². The van der Waals surface area contributed by atoms with Crippen molar-refractivity contribution in [1.82, 2.24) is 10.3 Å². The van der Waals surface area contributed by atoms with Crippen LogP contribution in [0.4, 0.5) is 23.7 Å². The second-order valence-corrected chi connectivity index (χ2v) is 6.69. The molecular weight excluding hydrogens is 383 g/mol. The fourth-order valence-electron chi connectivity index (χ4n) is 2.04. The van der Waals surface area contributed by atoms with E-state index < -0.39 is 36.6 Å². The van der Waals surface area contributed by atoms with E-state index in [0.717, 1.165) is 0 Å². The van der Waals surface area contributed by atoms with E-state index in [2.05, 4.69) is 20.4 Å². The largest absolute Gasteiger partial charge is 0.461 e. The number of aromatic amines is 1. The smallest absolute Gasteiger partial charge is 0.407 e. The van der Waals surface area contributed by atoms with Crippen molar-refractivity contribution in [2.75, 3.05) is 25.0 Å². The van der Waals surface area contributed by atoms with Crippen molar-refractivity contribution in [2.45, 2.75) is 52.2 Å². The topological polar surface area (TPSA) is 102 Å². The van der Waals surface area contributed by atoms with Gasteiger partial charge in [0, 0.05) is 19.3 Å². The third-order valence-corrected chi connectivity index (χ3v) is 3.14. The van der Waals surface area contributed by atoms with Crippen LogP contribution >= 0.6 is 0 Å². The van der Waals surface area contributed by atoms with Crippen LogP contribution in [0.3, 0.4) is 0 Å². The Morgan fingerprint density at radius 1 is 1.21 bits per heavy atom. The molecule has 160 valence electrons. The number of hydrogen-bond acceptors (Lipinski definition) is 6. The number of esters is 1. The molecular formula is C17H26F3N3O5. The molecule has 1 heterocycles. The van der Waals surface area contributed by atoms with Gasteiger partial charge in [-0.15, -0.1) is 0 Å². The molecule has 3 N–H and O–H groups in total. The van der Waals surface area contributed by atoms with Gasteiger partial charge >= 0.3 is 12.1 Å². The third-order valence-electron chi connectivity index (χ3n) is 3.14. The average molecular weight is 409 g/mol. The number of amides is 1. The van der Waals surface area contributed by atoms with E-state index in [1.54, 1.807) is 27.7 Å². The van der Waals surface area contributed by atoms with Crippen LogP contribution in [0.25, 0.3) is 0 Å². The summed E-state index contributed by atoms with van der Waals surface area (Å²) in [5, 5.41) is 5.12. The number of alkyl carbamates (subject to hydrolysis) is 1. The monoisotopic (exact) mass is 409 g/mol. The van der Waals surface area contributed by atoms with E-state index >= 15 is 0 Å². The SMILES string of the molecule is CCOC(=O)c1[nH]ccc1NCC(CNC(=O)OC(C)(C)C)OC(F)C(F)F. The summed E-state index contributed by atoms with van der Waals surface area (Å²) in [6.07, 6.45) is -6.67. The average Bonchev–Trinajstić information content (AvgIpc) is 3.04. The molecule has 1 rings (SSSR count). The maximum absolute atomic E-state index is 13.3. The number of aromatic nitrogens is 1. The fourth-order valence-corrected chi connectivity index (χ4v) is 2.04. The molecule has 1 aromatic heterocycles. The van der Waals surface area contributed by atoms with Gasteiger partial charge in [-0.25, -0.2) is 22.8 Å². The van der Waals surface area contributed by atoms with Crippen molar-refractivity contribution in [3.05, 3.63) is 18.0 Å². The highest BCUT2D eigenvalue weighted by Gasteiger charge is 2.26. The van der Waals surface area contributed by atoms with Gasteiger partial charge in [0.2, 0.25) is 0 Å². The molecule has 1 aromatic rings. The van der Waals surface area contributed by atoms with Crippen molar-refractivity contribution in [3.8, 4) is 0 Å². The fraction of sp³-hybridized carbons (Fsp3) is 0.647. The van der Waals surface area contributed by atoms with Crippen LogP contribution in [0.2, 0.25) is 0 Å². The first-order valence-electron chi connectivity index (χ1n) is 8.66. The standard InChI is InChI=1S/C17H26F3N3O5/c1-5-26-15(24)12-11(6-7-21-12)22-8-10(27-14(20)13(18)19)9-23-16(25)28-17(2,3)4/h6-7,10,13-14,21-22H,5,8-9H2,1-4H3,(H,23,25). The summed E-state index contributed by atoms with van der Waals surface area (Å²) >= 11 is 0. The third kappa shape index (κ3) is 8.51. The number of hydrogen-bond donors (Lipinski definition) is 3. The molecule has 0 aromatic carbocycles. The van der Waals surface area contributed by atoms with Crippen LogP contribution in [0.1, 0.15) is 38.2 Å². The molecule has 0 aliphatic heterocycles.